The number of thiazole rings is 1. The van der Waals surface area contributed by atoms with Crippen molar-refractivity contribution in [2.45, 2.75) is 31.8 Å². The van der Waals surface area contributed by atoms with Crippen LogP contribution >= 0.6 is 11.3 Å². The third kappa shape index (κ3) is 5.97. The van der Waals surface area contributed by atoms with Gasteiger partial charge in [-0.2, -0.15) is 0 Å². The van der Waals surface area contributed by atoms with Crippen molar-refractivity contribution in [3.63, 3.8) is 0 Å². The number of aryl methyl sites for hydroxylation is 2. The molecule has 1 aromatic heterocycles. The van der Waals surface area contributed by atoms with Crippen LogP contribution < -0.4 is 10.5 Å². The van der Waals surface area contributed by atoms with Crippen LogP contribution in [0, 0.1) is 13.8 Å². The Bertz CT molecular complexity index is 1240. The summed E-state index contributed by atoms with van der Waals surface area (Å²) in [5.41, 5.74) is 2.88. The maximum absolute atomic E-state index is 12.4. The zero-order valence-corrected chi connectivity index (χ0v) is 18.5. The number of sulfonamides is 1. The number of para-hydroxylation sites is 1. The second-order valence-electron chi connectivity index (χ2n) is 6.87. The molecule has 0 atom stereocenters. The summed E-state index contributed by atoms with van der Waals surface area (Å²) in [6.45, 7) is 3.47. The molecule has 0 aliphatic heterocycles. The first-order chi connectivity index (χ1) is 14.6. The lowest BCUT2D eigenvalue weighted by molar-refractivity contribution is -0.115. The molecule has 10 heteroatoms. The van der Waals surface area contributed by atoms with Crippen LogP contribution in [0.25, 0.3) is 0 Å². The second kappa shape index (κ2) is 9.38. The Morgan fingerprint density at radius 2 is 1.87 bits per heavy atom. The fourth-order valence-electron chi connectivity index (χ4n) is 2.76. The van der Waals surface area contributed by atoms with Crippen molar-refractivity contribution in [3.05, 3.63) is 75.2 Å². The van der Waals surface area contributed by atoms with E-state index in [4.69, 9.17) is 9.88 Å². The predicted molar refractivity (Wildman–Crippen MR) is 117 cm³/mol. The van der Waals surface area contributed by atoms with Crippen molar-refractivity contribution in [2.75, 3.05) is 5.32 Å². The minimum absolute atomic E-state index is 0.0997. The number of anilines is 1. The van der Waals surface area contributed by atoms with Crippen LogP contribution in [0.15, 0.2) is 52.7 Å². The van der Waals surface area contributed by atoms with E-state index in [1.54, 1.807) is 12.3 Å². The largest absolute Gasteiger partial charge is 0.456 e. The number of nitrogens with zero attached hydrogens (tertiary/aromatic N) is 1. The number of ether oxygens (including phenoxy) is 1. The lowest BCUT2D eigenvalue weighted by atomic mass is 10.1. The molecule has 3 aromatic rings. The third-order valence-electron chi connectivity index (χ3n) is 4.44. The van der Waals surface area contributed by atoms with Crippen molar-refractivity contribution in [1.29, 1.82) is 0 Å². The standard InChI is InChI=1S/C21H21N3O5S2/c1-13-7-8-16(31(22,27)28)9-17(13)21(26)29-11-15-12-30-20(23-15)10-19(25)24-18-6-4-3-5-14(18)2/h3-9,12H,10-11H2,1-2H3,(H,24,25)(H2,22,27,28). The number of primary sulfonamides is 1. The van der Waals surface area contributed by atoms with Crippen LogP contribution in [0.3, 0.4) is 0 Å². The predicted octanol–water partition coefficient (Wildman–Crippen LogP) is 2.95. The summed E-state index contributed by atoms with van der Waals surface area (Å²) in [7, 11) is -3.93. The van der Waals surface area contributed by atoms with Crippen LogP contribution in [0.2, 0.25) is 0 Å². The number of carbonyl (C=O) groups excluding carboxylic acids is 2. The Kier molecular flexibility index (Phi) is 6.84. The van der Waals surface area contributed by atoms with Crippen LogP contribution in [-0.4, -0.2) is 25.3 Å². The summed E-state index contributed by atoms with van der Waals surface area (Å²) in [5, 5.41) is 10.3. The molecule has 1 amide bonds. The molecule has 0 aliphatic rings. The average molecular weight is 460 g/mol. The first-order valence-electron chi connectivity index (χ1n) is 9.23. The van der Waals surface area contributed by atoms with E-state index in [2.05, 4.69) is 10.3 Å². The van der Waals surface area contributed by atoms with Crippen LogP contribution in [0.4, 0.5) is 5.69 Å². The van der Waals surface area contributed by atoms with Gasteiger partial charge in [0.2, 0.25) is 15.9 Å². The van der Waals surface area contributed by atoms with Crippen molar-refractivity contribution in [1.82, 2.24) is 4.98 Å². The number of carbonyl (C=O) groups is 2. The Morgan fingerprint density at radius 3 is 2.58 bits per heavy atom. The molecule has 1 heterocycles. The molecular weight excluding hydrogens is 438 g/mol. The van der Waals surface area contributed by atoms with E-state index < -0.39 is 16.0 Å². The number of rotatable bonds is 7. The summed E-state index contributed by atoms with van der Waals surface area (Å²) in [4.78, 5) is 28.8. The van der Waals surface area contributed by atoms with E-state index in [1.165, 1.54) is 29.5 Å². The number of hydrogen-bond donors (Lipinski definition) is 2. The molecule has 0 saturated carbocycles. The van der Waals surface area contributed by atoms with Crippen molar-refractivity contribution in [2.24, 2.45) is 5.14 Å². The normalized spacial score (nSPS) is 11.2. The second-order valence-corrected chi connectivity index (χ2v) is 9.37. The Labute approximate surface area is 184 Å². The molecular formula is C21H21N3O5S2. The number of nitrogens with one attached hydrogen (secondary N) is 1. The number of nitrogens with two attached hydrogens (primary N) is 1. The zero-order valence-electron chi connectivity index (χ0n) is 16.9. The Hall–Kier alpha value is -3.08. The molecule has 0 spiro atoms. The van der Waals surface area contributed by atoms with Crippen molar-refractivity contribution < 1.29 is 22.7 Å². The highest BCUT2D eigenvalue weighted by atomic mass is 32.2. The zero-order chi connectivity index (χ0) is 22.6. The van der Waals surface area contributed by atoms with Crippen LogP contribution in [0.5, 0.6) is 0 Å². The molecule has 0 bridgehead atoms. The van der Waals surface area contributed by atoms with E-state index in [1.807, 2.05) is 31.2 Å². The summed E-state index contributed by atoms with van der Waals surface area (Å²) in [6.07, 6.45) is 0.0997. The van der Waals surface area contributed by atoms with Gasteiger partial charge in [0.25, 0.3) is 0 Å². The summed E-state index contributed by atoms with van der Waals surface area (Å²) < 4.78 is 28.3. The monoisotopic (exact) mass is 459 g/mol. The van der Waals surface area contributed by atoms with Gasteiger partial charge in [0.05, 0.1) is 22.6 Å². The lowest BCUT2D eigenvalue weighted by Crippen LogP contribution is -2.15. The number of aromatic nitrogens is 1. The van der Waals surface area contributed by atoms with Crippen molar-refractivity contribution >= 4 is 38.9 Å². The first-order valence-corrected chi connectivity index (χ1v) is 11.7. The fraction of sp³-hybridized carbons (Fsp3) is 0.190. The van der Waals surface area contributed by atoms with Gasteiger partial charge in [0, 0.05) is 11.1 Å². The van der Waals surface area contributed by atoms with E-state index in [9.17, 15) is 18.0 Å². The van der Waals surface area contributed by atoms with Gasteiger partial charge in [-0.3, -0.25) is 4.79 Å². The fourth-order valence-corrected chi connectivity index (χ4v) is 4.07. The maximum Gasteiger partial charge on any atom is 0.338 e. The SMILES string of the molecule is Cc1ccccc1NC(=O)Cc1nc(COC(=O)c2cc(S(N)(=O)=O)ccc2C)cs1. The highest BCUT2D eigenvalue weighted by Gasteiger charge is 2.17. The molecule has 3 N–H and O–H groups in total. The third-order valence-corrected chi connectivity index (χ3v) is 6.25. The molecule has 162 valence electrons. The average Bonchev–Trinajstić information content (AvgIpc) is 3.14. The minimum atomic E-state index is -3.93. The first kappa shape index (κ1) is 22.6. The summed E-state index contributed by atoms with van der Waals surface area (Å²) in [5.74, 6) is -0.877. The maximum atomic E-state index is 12.4. The Balaban J connectivity index is 1.60. The molecule has 0 saturated heterocycles. The minimum Gasteiger partial charge on any atom is -0.456 e. The molecule has 0 fully saturated rings. The smallest absolute Gasteiger partial charge is 0.338 e. The molecule has 3 rings (SSSR count). The molecule has 2 aromatic carbocycles. The van der Waals surface area contributed by atoms with E-state index in [-0.39, 0.29) is 29.4 Å². The molecule has 0 unspecified atom stereocenters. The van der Waals surface area contributed by atoms with Crippen LogP contribution in [0.1, 0.15) is 32.2 Å². The van der Waals surface area contributed by atoms with Gasteiger partial charge in [-0.15, -0.1) is 11.3 Å². The quantitative estimate of drug-likeness (QED) is 0.523. The number of benzene rings is 2. The van der Waals surface area contributed by atoms with Gasteiger partial charge < -0.3 is 10.1 Å². The molecule has 8 nitrogen and oxygen atoms in total. The molecule has 0 radical (unpaired) electrons. The van der Waals surface area contributed by atoms with Gasteiger partial charge in [0.15, 0.2) is 0 Å². The topological polar surface area (TPSA) is 128 Å². The van der Waals surface area contributed by atoms with Gasteiger partial charge in [-0.1, -0.05) is 24.3 Å². The lowest BCUT2D eigenvalue weighted by Gasteiger charge is -2.08. The van der Waals surface area contributed by atoms with Gasteiger partial charge in [-0.05, 0) is 43.2 Å². The summed E-state index contributed by atoms with van der Waals surface area (Å²) in [6, 6.07) is 11.5. The molecule has 31 heavy (non-hydrogen) atoms. The number of amides is 1. The van der Waals surface area contributed by atoms with E-state index in [0.29, 0.717) is 16.3 Å². The van der Waals surface area contributed by atoms with Gasteiger partial charge in [0.1, 0.15) is 11.6 Å². The number of esters is 1. The van der Waals surface area contributed by atoms with E-state index >= 15 is 0 Å². The van der Waals surface area contributed by atoms with Gasteiger partial charge in [-0.25, -0.2) is 23.3 Å². The van der Waals surface area contributed by atoms with Crippen LogP contribution in [-0.2, 0) is 32.6 Å². The molecule has 0 aliphatic carbocycles. The van der Waals surface area contributed by atoms with Gasteiger partial charge >= 0.3 is 5.97 Å². The highest BCUT2D eigenvalue weighted by Crippen LogP contribution is 2.18. The Morgan fingerprint density at radius 1 is 1.13 bits per heavy atom. The highest BCUT2D eigenvalue weighted by molar-refractivity contribution is 7.89. The number of hydrogen-bond acceptors (Lipinski definition) is 7. The van der Waals surface area contributed by atoms with E-state index in [0.717, 1.165) is 11.3 Å². The van der Waals surface area contributed by atoms with Crippen molar-refractivity contribution in [3.8, 4) is 0 Å². The summed E-state index contributed by atoms with van der Waals surface area (Å²) >= 11 is 1.29.